The van der Waals surface area contributed by atoms with Crippen molar-refractivity contribution in [3.05, 3.63) is 35.4 Å². The fraction of sp³-hybridized carbons (Fsp3) is 0.562. The van der Waals surface area contributed by atoms with Gasteiger partial charge in [0.25, 0.3) is 0 Å². The van der Waals surface area contributed by atoms with Gasteiger partial charge in [-0.05, 0) is 37.3 Å². The Hall–Kier alpha value is -1.35. The lowest BCUT2D eigenvalue weighted by atomic mass is 9.78. The van der Waals surface area contributed by atoms with Gasteiger partial charge in [-0.3, -0.25) is 4.79 Å². The van der Waals surface area contributed by atoms with Crippen LogP contribution >= 0.6 is 0 Å². The van der Waals surface area contributed by atoms with Crippen molar-refractivity contribution in [2.75, 3.05) is 6.61 Å². The first-order chi connectivity index (χ1) is 9.07. The molecule has 0 fully saturated rings. The molecule has 1 aromatic carbocycles. The van der Waals surface area contributed by atoms with E-state index in [0.717, 1.165) is 18.4 Å². The summed E-state index contributed by atoms with van der Waals surface area (Å²) in [5.74, 6) is -0.721. The molecule has 0 aromatic heterocycles. The standard InChI is InChI=1S/C16H22O3/c1-3-9-16(2,15(17)18)11-14-13-7-5-4-6-12(13)8-10-19-14/h4-7,14H,3,8-11H2,1-2H3,(H,17,18). The Labute approximate surface area is 114 Å². The Balaban J connectivity index is 2.22. The minimum absolute atomic E-state index is 0.0856. The summed E-state index contributed by atoms with van der Waals surface area (Å²) in [5.41, 5.74) is 1.75. The molecule has 104 valence electrons. The summed E-state index contributed by atoms with van der Waals surface area (Å²) in [4.78, 5) is 11.5. The highest BCUT2D eigenvalue weighted by atomic mass is 16.5. The predicted octanol–water partition coefficient (Wildman–Crippen LogP) is 3.58. The minimum atomic E-state index is -0.721. The Kier molecular flexibility index (Phi) is 4.25. The van der Waals surface area contributed by atoms with Crippen molar-refractivity contribution in [2.24, 2.45) is 5.41 Å². The highest BCUT2D eigenvalue weighted by molar-refractivity contribution is 5.74. The topological polar surface area (TPSA) is 46.5 Å². The summed E-state index contributed by atoms with van der Waals surface area (Å²) in [7, 11) is 0. The normalized spacial score (nSPS) is 21.5. The monoisotopic (exact) mass is 262 g/mol. The van der Waals surface area contributed by atoms with Gasteiger partial charge in [-0.25, -0.2) is 0 Å². The third-order valence-corrected chi connectivity index (χ3v) is 4.05. The van der Waals surface area contributed by atoms with E-state index in [0.29, 0.717) is 19.4 Å². The second-order valence-corrected chi connectivity index (χ2v) is 5.63. The van der Waals surface area contributed by atoms with Crippen LogP contribution in [0.1, 0.15) is 50.3 Å². The molecular weight excluding hydrogens is 240 g/mol. The van der Waals surface area contributed by atoms with Crippen LogP contribution in [-0.4, -0.2) is 17.7 Å². The van der Waals surface area contributed by atoms with Crippen LogP contribution in [0.15, 0.2) is 24.3 Å². The Morgan fingerprint density at radius 1 is 1.47 bits per heavy atom. The van der Waals surface area contributed by atoms with Crippen molar-refractivity contribution in [1.29, 1.82) is 0 Å². The summed E-state index contributed by atoms with van der Waals surface area (Å²) in [6.07, 6.45) is 2.94. The average molecular weight is 262 g/mol. The van der Waals surface area contributed by atoms with Crippen LogP contribution in [0.3, 0.4) is 0 Å². The van der Waals surface area contributed by atoms with E-state index in [1.54, 1.807) is 0 Å². The first-order valence-corrected chi connectivity index (χ1v) is 6.99. The van der Waals surface area contributed by atoms with Crippen LogP contribution in [0.5, 0.6) is 0 Å². The van der Waals surface area contributed by atoms with Gasteiger partial charge in [0.2, 0.25) is 0 Å². The highest BCUT2D eigenvalue weighted by Gasteiger charge is 2.37. The molecule has 1 heterocycles. The molecule has 0 saturated carbocycles. The molecule has 1 aromatic rings. The van der Waals surface area contributed by atoms with Crippen LogP contribution in [0.2, 0.25) is 0 Å². The van der Waals surface area contributed by atoms with E-state index < -0.39 is 11.4 Å². The van der Waals surface area contributed by atoms with Crippen LogP contribution in [0.4, 0.5) is 0 Å². The zero-order valence-electron chi connectivity index (χ0n) is 11.7. The first-order valence-electron chi connectivity index (χ1n) is 6.99. The number of ether oxygens (including phenoxy) is 1. The zero-order chi connectivity index (χ0) is 13.9. The van der Waals surface area contributed by atoms with Gasteiger partial charge in [0.05, 0.1) is 18.1 Å². The molecule has 3 heteroatoms. The number of carbonyl (C=O) groups is 1. The van der Waals surface area contributed by atoms with Crippen molar-refractivity contribution >= 4 is 5.97 Å². The lowest BCUT2D eigenvalue weighted by Crippen LogP contribution is -2.31. The third kappa shape index (κ3) is 2.98. The fourth-order valence-corrected chi connectivity index (χ4v) is 2.90. The van der Waals surface area contributed by atoms with Gasteiger partial charge in [0, 0.05) is 0 Å². The SMILES string of the molecule is CCCC(C)(CC1OCCc2ccccc21)C(=O)O. The number of benzene rings is 1. The molecule has 3 nitrogen and oxygen atoms in total. The van der Waals surface area contributed by atoms with Crippen LogP contribution in [-0.2, 0) is 16.0 Å². The van der Waals surface area contributed by atoms with E-state index in [1.165, 1.54) is 5.56 Å². The molecule has 0 aliphatic carbocycles. The summed E-state index contributed by atoms with van der Waals surface area (Å²) in [6.45, 7) is 4.54. The maximum Gasteiger partial charge on any atom is 0.309 e. The van der Waals surface area contributed by atoms with Crippen molar-refractivity contribution in [2.45, 2.75) is 45.6 Å². The quantitative estimate of drug-likeness (QED) is 0.882. The summed E-state index contributed by atoms with van der Waals surface area (Å²) in [5, 5.41) is 9.49. The minimum Gasteiger partial charge on any atom is -0.481 e. The summed E-state index contributed by atoms with van der Waals surface area (Å²) >= 11 is 0. The molecule has 0 amide bonds. The molecule has 1 aliphatic rings. The van der Waals surface area contributed by atoms with E-state index >= 15 is 0 Å². The van der Waals surface area contributed by atoms with Crippen molar-refractivity contribution in [3.8, 4) is 0 Å². The second-order valence-electron chi connectivity index (χ2n) is 5.63. The molecule has 0 radical (unpaired) electrons. The molecule has 1 aliphatic heterocycles. The number of hydrogen-bond acceptors (Lipinski definition) is 2. The molecule has 0 saturated heterocycles. The lowest BCUT2D eigenvalue weighted by Gasteiger charge is -2.33. The van der Waals surface area contributed by atoms with Crippen LogP contribution in [0, 0.1) is 5.41 Å². The van der Waals surface area contributed by atoms with E-state index in [-0.39, 0.29) is 6.10 Å². The Bertz CT molecular complexity index is 455. The number of rotatable bonds is 5. The Morgan fingerprint density at radius 3 is 2.89 bits per heavy atom. The van der Waals surface area contributed by atoms with Gasteiger partial charge in [-0.15, -0.1) is 0 Å². The summed E-state index contributed by atoms with van der Waals surface area (Å²) < 4.78 is 5.83. The fourth-order valence-electron chi connectivity index (χ4n) is 2.90. The predicted molar refractivity (Wildman–Crippen MR) is 74.1 cm³/mol. The molecule has 0 bridgehead atoms. The molecule has 2 atom stereocenters. The smallest absolute Gasteiger partial charge is 0.309 e. The van der Waals surface area contributed by atoms with Gasteiger partial charge < -0.3 is 9.84 Å². The zero-order valence-corrected chi connectivity index (χ0v) is 11.7. The van der Waals surface area contributed by atoms with E-state index in [4.69, 9.17) is 4.74 Å². The van der Waals surface area contributed by atoms with Gasteiger partial charge >= 0.3 is 5.97 Å². The van der Waals surface area contributed by atoms with E-state index in [1.807, 2.05) is 26.0 Å². The van der Waals surface area contributed by atoms with Crippen molar-refractivity contribution in [1.82, 2.24) is 0 Å². The van der Waals surface area contributed by atoms with E-state index in [2.05, 4.69) is 12.1 Å². The largest absolute Gasteiger partial charge is 0.481 e. The summed E-state index contributed by atoms with van der Waals surface area (Å²) in [6, 6.07) is 8.21. The molecular formula is C16H22O3. The maximum absolute atomic E-state index is 11.5. The van der Waals surface area contributed by atoms with Gasteiger partial charge in [-0.1, -0.05) is 37.6 Å². The maximum atomic E-state index is 11.5. The Morgan fingerprint density at radius 2 is 2.21 bits per heavy atom. The number of hydrogen-bond donors (Lipinski definition) is 1. The molecule has 19 heavy (non-hydrogen) atoms. The second kappa shape index (κ2) is 5.74. The number of fused-ring (bicyclic) bond motifs is 1. The van der Waals surface area contributed by atoms with Crippen LogP contribution in [0.25, 0.3) is 0 Å². The lowest BCUT2D eigenvalue weighted by molar-refractivity contribution is -0.151. The average Bonchev–Trinajstić information content (AvgIpc) is 2.39. The number of aliphatic carboxylic acids is 1. The van der Waals surface area contributed by atoms with Crippen molar-refractivity contribution < 1.29 is 14.6 Å². The van der Waals surface area contributed by atoms with Gasteiger partial charge in [-0.2, -0.15) is 0 Å². The molecule has 2 unspecified atom stereocenters. The molecule has 2 rings (SSSR count). The number of carboxylic acids is 1. The van der Waals surface area contributed by atoms with Gasteiger partial charge in [0.15, 0.2) is 0 Å². The third-order valence-electron chi connectivity index (χ3n) is 4.05. The first kappa shape index (κ1) is 14.1. The van der Waals surface area contributed by atoms with E-state index in [9.17, 15) is 9.90 Å². The number of carboxylic acid groups (broad SMARTS) is 1. The molecule has 1 N–H and O–H groups in total. The molecule has 0 spiro atoms. The van der Waals surface area contributed by atoms with Gasteiger partial charge in [0.1, 0.15) is 0 Å². The van der Waals surface area contributed by atoms with Crippen LogP contribution < -0.4 is 0 Å². The highest BCUT2D eigenvalue weighted by Crippen LogP contribution is 2.39. The van der Waals surface area contributed by atoms with Crippen molar-refractivity contribution in [3.63, 3.8) is 0 Å².